The summed E-state index contributed by atoms with van der Waals surface area (Å²) in [7, 11) is 3.94. The second-order valence-electron chi connectivity index (χ2n) is 6.52. The molecule has 0 spiro atoms. The van der Waals surface area contributed by atoms with Crippen molar-refractivity contribution < 1.29 is 4.79 Å². The second kappa shape index (κ2) is 5.77. The molecule has 2 aliphatic heterocycles. The van der Waals surface area contributed by atoms with Gasteiger partial charge >= 0.3 is 0 Å². The molecule has 0 N–H and O–H groups in total. The fourth-order valence-corrected chi connectivity index (χ4v) is 3.15. The SMILES string of the molecule is CN(C)c1cc(N2CC(n3cc(N4CCCC4=O)cn3)C2)ncn1. The summed E-state index contributed by atoms with van der Waals surface area (Å²) >= 11 is 0. The van der Waals surface area contributed by atoms with Crippen LogP contribution in [0.5, 0.6) is 0 Å². The molecule has 2 aromatic heterocycles. The van der Waals surface area contributed by atoms with Gasteiger partial charge in [-0.05, 0) is 6.42 Å². The van der Waals surface area contributed by atoms with Gasteiger partial charge in [0.1, 0.15) is 18.0 Å². The predicted octanol–water partition coefficient (Wildman–Crippen LogP) is 0.927. The third-order valence-corrected chi connectivity index (χ3v) is 4.63. The lowest BCUT2D eigenvalue weighted by Gasteiger charge is -2.40. The number of nitrogens with zero attached hydrogens (tertiary/aromatic N) is 7. The average molecular weight is 327 g/mol. The first-order chi connectivity index (χ1) is 11.6. The van der Waals surface area contributed by atoms with Gasteiger partial charge in [0.25, 0.3) is 0 Å². The normalized spacial score (nSPS) is 18.2. The fourth-order valence-electron chi connectivity index (χ4n) is 3.15. The highest BCUT2D eigenvalue weighted by Crippen LogP contribution is 2.29. The quantitative estimate of drug-likeness (QED) is 0.832. The molecule has 0 bridgehead atoms. The Kier molecular flexibility index (Phi) is 3.59. The summed E-state index contributed by atoms with van der Waals surface area (Å²) in [5.41, 5.74) is 0.910. The van der Waals surface area contributed by atoms with E-state index in [9.17, 15) is 4.79 Å². The van der Waals surface area contributed by atoms with Gasteiger partial charge in [-0.2, -0.15) is 5.10 Å². The van der Waals surface area contributed by atoms with E-state index in [1.54, 1.807) is 12.5 Å². The molecule has 0 unspecified atom stereocenters. The van der Waals surface area contributed by atoms with Crippen molar-refractivity contribution in [1.82, 2.24) is 19.7 Å². The zero-order valence-electron chi connectivity index (χ0n) is 14.0. The second-order valence-corrected chi connectivity index (χ2v) is 6.52. The summed E-state index contributed by atoms with van der Waals surface area (Å²) < 4.78 is 1.96. The molecule has 2 saturated heterocycles. The minimum absolute atomic E-state index is 0.196. The number of hydrogen-bond donors (Lipinski definition) is 0. The Labute approximate surface area is 140 Å². The number of anilines is 3. The monoisotopic (exact) mass is 327 g/mol. The van der Waals surface area contributed by atoms with E-state index in [2.05, 4.69) is 20.0 Å². The van der Waals surface area contributed by atoms with E-state index in [1.165, 1.54) is 0 Å². The van der Waals surface area contributed by atoms with E-state index in [-0.39, 0.29) is 5.91 Å². The maximum Gasteiger partial charge on any atom is 0.227 e. The van der Waals surface area contributed by atoms with Crippen LogP contribution in [0.15, 0.2) is 24.8 Å². The number of rotatable bonds is 4. The van der Waals surface area contributed by atoms with Crippen molar-refractivity contribution in [3.8, 4) is 0 Å². The first-order valence-electron chi connectivity index (χ1n) is 8.20. The van der Waals surface area contributed by atoms with Crippen LogP contribution in [-0.4, -0.2) is 59.4 Å². The van der Waals surface area contributed by atoms with Crippen LogP contribution < -0.4 is 14.7 Å². The van der Waals surface area contributed by atoms with Crippen molar-refractivity contribution in [1.29, 1.82) is 0 Å². The molecule has 24 heavy (non-hydrogen) atoms. The highest BCUT2D eigenvalue weighted by molar-refractivity contribution is 5.95. The van der Waals surface area contributed by atoms with Crippen molar-refractivity contribution in [2.45, 2.75) is 18.9 Å². The predicted molar refractivity (Wildman–Crippen MR) is 91.4 cm³/mol. The van der Waals surface area contributed by atoms with Gasteiger partial charge < -0.3 is 14.7 Å². The lowest BCUT2D eigenvalue weighted by Crippen LogP contribution is -2.48. The van der Waals surface area contributed by atoms with E-state index < -0.39 is 0 Å². The lowest BCUT2D eigenvalue weighted by atomic mass is 10.1. The zero-order valence-corrected chi connectivity index (χ0v) is 14.0. The van der Waals surface area contributed by atoms with Crippen LogP contribution in [0, 0.1) is 0 Å². The van der Waals surface area contributed by atoms with E-state index >= 15 is 0 Å². The standard InChI is InChI=1S/C16H21N7O/c1-20(2)14-6-15(18-11-17-14)21-8-13(9-21)23-10-12(7-19-23)22-5-3-4-16(22)24/h6-7,10-11,13H,3-5,8-9H2,1-2H3. The Balaban J connectivity index is 1.42. The van der Waals surface area contributed by atoms with Crippen LogP contribution >= 0.6 is 0 Å². The molecular formula is C16H21N7O. The van der Waals surface area contributed by atoms with Gasteiger partial charge in [0, 0.05) is 52.4 Å². The van der Waals surface area contributed by atoms with E-state index in [4.69, 9.17) is 0 Å². The number of aromatic nitrogens is 4. The smallest absolute Gasteiger partial charge is 0.227 e. The number of carbonyl (C=O) groups excluding carboxylic acids is 1. The Morgan fingerprint density at radius 1 is 1.25 bits per heavy atom. The maximum absolute atomic E-state index is 11.8. The van der Waals surface area contributed by atoms with Gasteiger partial charge in [-0.25, -0.2) is 9.97 Å². The largest absolute Gasteiger partial charge is 0.363 e. The molecule has 2 aliphatic rings. The Bertz CT molecular complexity index is 750. The van der Waals surface area contributed by atoms with Crippen LogP contribution in [0.1, 0.15) is 18.9 Å². The van der Waals surface area contributed by atoms with Crippen LogP contribution in [0.3, 0.4) is 0 Å². The highest BCUT2D eigenvalue weighted by Gasteiger charge is 2.31. The third-order valence-electron chi connectivity index (χ3n) is 4.63. The van der Waals surface area contributed by atoms with Gasteiger partial charge in [-0.15, -0.1) is 0 Å². The van der Waals surface area contributed by atoms with Crippen LogP contribution in [0.25, 0.3) is 0 Å². The summed E-state index contributed by atoms with van der Waals surface area (Å²) in [5, 5.41) is 4.45. The third kappa shape index (κ3) is 2.57. The molecule has 0 aliphatic carbocycles. The molecule has 0 atom stereocenters. The molecule has 4 heterocycles. The molecule has 8 nitrogen and oxygen atoms in total. The van der Waals surface area contributed by atoms with Crippen LogP contribution in [-0.2, 0) is 4.79 Å². The van der Waals surface area contributed by atoms with Crippen molar-refractivity contribution in [2.75, 3.05) is 48.4 Å². The van der Waals surface area contributed by atoms with Crippen LogP contribution in [0.4, 0.5) is 17.3 Å². The van der Waals surface area contributed by atoms with Crippen molar-refractivity contribution in [3.05, 3.63) is 24.8 Å². The van der Waals surface area contributed by atoms with Gasteiger partial charge in [-0.3, -0.25) is 9.48 Å². The topological polar surface area (TPSA) is 70.4 Å². The zero-order chi connectivity index (χ0) is 16.7. The summed E-state index contributed by atoms with van der Waals surface area (Å²) in [6.45, 7) is 2.52. The highest BCUT2D eigenvalue weighted by atomic mass is 16.2. The number of hydrogen-bond acceptors (Lipinski definition) is 6. The number of amides is 1. The minimum Gasteiger partial charge on any atom is -0.363 e. The molecule has 2 aromatic rings. The summed E-state index contributed by atoms with van der Waals surface area (Å²) in [6.07, 6.45) is 6.95. The maximum atomic E-state index is 11.8. The van der Waals surface area contributed by atoms with Gasteiger partial charge in [0.05, 0.1) is 17.9 Å². The molecule has 126 valence electrons. The molecule has 0 saturated carbocycles. The molecule has 0 aromatic carbocycles. The Morgan fingerprint density at radius 3 is 2.79 bits per heavy atom. The van der Waals surface area contributed by atoms with Gasteiger partial charge in [0.15, 0.2) is 0 Å². The molecular weight excluding hydrogens is 306 g/mol. The lowest BCUT2D eigenvalue weighted by molar-refractivity contribution is -0.117. The van der Waals surface area contributed by atoms with E-state index in [0.29, 0.717) is 12.5 Å². The van der Waals surface area contributed by atoms with E-state index in [0.717, 1.165) is 43.4 Å². The van der Waals surface area contributed by atoms with Crippen LogP contribution in [0.2, 0.25) is 0 Å². The average Bonchev–Trinajstić information content (AvgIpc) is 3.15. The fraction of sp³-hybridized carbons (Fsp3) is 0.500. The molecule has 2 fully saturated rings. The first-order valence-corrected chi connectivity index (χ1v) is 8.20. The summed E-state index contributed by atoms with van der Waals surface area (Å²) in [4.78, 5) is 26.4. The van der Waals surface area contributed by atoms with Gasteiger partial charge in [0.2, 0.25) is 5.91 Å². The van der Waals surface area contributed by atoms with E-state index in [1.807, 2.05) is 40.8 Å². The summed E-state index contributed by atoms with van der Waals surface area (Å²) in [5.74, 6) is 2.03. The Hall–Kier alpha value is -2.64. The molecule has 4 rings (SSSR count). The minimum atomic E-state index is 0.196. The van der Waals surface area contributed by atoms with Crippen molar-refractivity contribution in [2.24, 2.45) is 0 Å². The van der Waals surface area contributed by atoms with Crippen molar-refractivity contribution in [3.63, 3.8) is 0 Å². The van der Waals surface area contributed by atoms with Crippen molar-refractivity contribution >= 4 is 23.2 Å². The molecule has 0 radical (unpaired) electrons. The number of carbonyl (C=O) groups is 1. The first kappa shape index (κ1) is 14.9. The molecule has 8 heteroatoms. The summed E-state index contributed by atoms with van der Waals surface area (Å²) in [6, 6.07) is 2.31. The Morgan fingerprint density at radius 2 is 2.08 bits per heavy atom. The van der Waals surface area contributed by atoms with Gasteiger partial charge in [-0.1, -0.05) is 0 Å². The molecule has 1 amide bonds.